The maximum absolute atomic E-state index is 13.3. The second-order valence-corrected chi connectivity index (χ2v) is 3.39. The molecule has 5 heteroatoms. The van der Waals surface area contributed by atoms with E-state index in [1.165, 1.54) is 19.4 Å². The van der Waals surface area contributed by atoms with E-state index in [4.69, 9.17) is 4.74 Å². The minimum atomic E-state index is -0.240. The maximum atomic E-state index is 13.3. The second-order valence-electron chi connectivity index (χ2n) is 3.39. The van der Waals surface area contributed by atoms with Crippen LogP contribution >= 0.6 is 0 Å². The van der Waals surface area contributed by atoms with Gasteiger partial charge in [0, 0.05) is 12.1 Å². The molecule has 1 aromatic carbocycles. The molecule has 4 nitrogen and oxygen atoms in total. The lowest BCUT2D eigenvalue weighted by Gasteiger charge is -2.07. The average Bonchev–Trinajstić information content (AvgIpc) is 2.38. The number of nitrogens with one attached hydrogen (secondary N) is 1. The highest BCUT2D eigenvalue weighted by molar-refractivity contribution is 5.35. The van der Waals surface area contributed by atoms with Gasteiger partial charge in [-0.2, -0.15) is 4.98 Å². The molecule has 0 saturated carbocycles. The molecule has 0 atom stereocenters. The van der Waals surface area contributed by atoms with Crippen molar-refractivity contribution < 1.29 is 9.13 Å². The van der Waals surface area contributed by atoms with Gasteiger partial charge in [-0.15, -0.1) is 0 Å². The number of nitrogens with zero attached hydrogens (tertiary/aromatic N) is 2. The molecule has 0 aliphatic rings. The first kappa shape index (κ1) is 11.3. The van der Waals surface area contributed by atoms with Crippen molar-refractivity contribution in [3.63, 3.8) is 0 Å². The van der Waals surface area contributed by atoms with Crippen molar-refractivity contribution >= 4 is 5.82 Å². The molecule has 0 fully saturated rings. The predicted molar refractivity (Wildman–Crippen MR) is 62.3 cm³/mol. The number of methoxy groups -OCH3 is 1. The Kier molecular flexibility index (Phi) is 3.49. The van der Waals surface area contributed by atoms with E-state index < -0.39 is 0 Å². The molecule has 88 valence electrons. The molecule has 2 rings (SSSR count). The van der Waals surface area contributed by atoms with Crippen LogP contribution in [0.4, 0.5) is 10.2 Å². The molecule has 17 heavy (non-hydrogen) atoms. The van der Waals surface area contributed by atoms with Crippen molar-refractivity contribution in [1.82, 2.24) is 9.97 Å². The number of anilines is 1. The molecule has 0 radical (unpaired) electrons. The first-order valence-electron chi connectivity index (χ1n) is 5.13. The Morgan fingerprint density at radius 1 is 1.29 bits per heavy atom. The van der Waals surface area contributed by atoms with Gasteiger partial charge in [-0.25, -0.2) is 4.39 Å². The van der Waals surface area contributed by atoms with E-state index in [1.807, 2.05) is 0 Å². The van der Waals surface area contributed by atoms with E-state index in [2.05, 4.69) is 15.3 Å². The first-order valence-corrected chi connectivity index (χ1v) is 5.13. The second kappa shape index (κ2) is 5.25. The van der Waals surface area contributed by atoms with Gasteiger partial charge in [0.15, 0.2) is 0 Å². The van der Waals surface area contributed by atoms with Gasteiger partial charge in [-0.1, -0.05) is 18.2 Å². The van der Waals surface area contributed by atoms with Crippen LogP contribution in [-0.2, 0) is 6.54 Å². The minimum absolute atomic E-state index is 0.240. The van der Waals surface area contributed by atoms with Gasteiger partial charge < -0.3 is 10.1 Å². The monoisotopic (exact) mass is 233 g/mol. The van der Waals surface area contributed by atoms with E-state index in [0.29, 0.717) is 23.8 Å². The number of aromatic nitrogens is 2. The Bertz CT molecular complexity index is 505. The summed E-state index contributed by atoms with van der Waals surface area (Å²) < 4.78 is 18.3. The summed E-state index contributed by atoms with van der Waals surface area (Å²) in [6, 6.07) is 6.59. The van der Waals surface area contributed by atoms with Crippen molar-refractivity contribution in [3.05, 3.63) is 48.0 Å². The number of hydrogen-bond donors (Lipinski definition) is 1. The van der Waals surface area contributed by atoms with Crippen molar-refractivity contribution in [3.8, 4) is 5.88 Å². The molecule has 1 aromatic heterocycles. The van der Waals surface area contributed by atoms with E-state index >= 15 is 0 Å². The summed E-state index contributed by atoms with van der Waals surface area (Å²) in [6.07, 6.45) is 3.07. The third kappa shape index (κ3) is 2.90. The minimum Gasteiger partial charge on any atom is -0.480 e. The summed E-state index contributed by atoms with van der Waals surface area (Å²) in [5, 5.41) is 2.98. The molecular weight excluding hydrogens is 221 g/mol. The molecule has 0 aliphatic carbocycles. The highest BCUT2D eigenvalue weighted by atomic mass is 19.1. The average molecular weight is 233 g/mol. The Labute approximate surface area is 98.5 Å². The fourth-order valence-electron chi connectivity index (χ4n) is 1.36. The Hall–Kier alpha value is -2.17. The lowest BCUT2D eigenvalue weighted by atomic mass is 10.2. The van der Waals surface area contributed by atoms with E-state index in [9.17, 15) is 4.39 Å². The number of halogens is 1. The normalized spacial score (nSPS) is 10.0. The van der Waals surface area contributed by atoms with Crippen molar-refractivity contribution in [2.45, 2.75) is 6.54 Å². The van der Waals surface area contributed by atoms with E-state index in [1.54, 1.807) is 24.4 Å². The van der Waals surface area contributed by atoms with Crippen LogP contribution in [0.15, 0.2) is 36.7 Å². The van der Waals surface area contributed by atoms with E-state index in [0.717, 1.165) is 0 Å². The molecule has 1 N–H and O–H groups in total. The summed E-state index contributed by atoms with van der Waals surface area (Å²) in [5.41, 5.74) is 0.581. The highest BCUT2D eigenvalue weighted by Gasteiger charge is 2.02. The zero-order valence-corrected chi connectivity index (χ0v) is 9.35. The Morgan fingerprint density at radius 3 is 2.88 bits per heavy atom. The first-order chi connectivity index (χ1) is 8.29. The van der Waals surface area contributed by atoms with Crippen LogP contribution in [-0.4, -0.2) is 17.1 Å². The van der Waals surface area contributed by atoms with Crippen molar-refractivity contribution in [2.75, 3.05) is 12.4 Å². The van der Waals surface area contributed by atoms with Gasteiger partial charge in [0.05, 0.1) is 19.5 Å². The van der Waals surface area contributed by atoms with E-state index in [-0.39, 0.29) is 5.82 Å². The molecule has 0 unspecified atom stereocenters. The van der Waals surface area contributed by atoms with Gasteiger partial charge in [-0.3, -0.25) is 4.98 Å². The fraction of sp³-hybridized carbons (Fsp3) is 0.167. The predicted octanol–water partition coefficient (Wildman–Crippen LogP) is 2.24. The third-order valence-corrected chi connectivity index (χ3v) is 2.24. The lowest BCUT2D eigenvalue weighted by molar-refractivity contribution is 0.396. The number of ether oxygens (including phenoxy) is 1. The van der Waals surface area contributed by atoms with Crippen molar-refractivity contribution in [2.24, 2.45) is 0 Å². The van der Waals surface area contributed by atoms with Crippen LogP contribution in [0.5, 0.6) is 5.88 Å². The van der Waals surface area contributed by atoms with Gasteiger partial charge in [0.1, 0.15) is 11.6 Å². The van der Waals surface area contributed by atoms with Gasteiger partial charge in [-0.05, 0) is 6.07 Å². The highest BCUT2D eigenvalue weighted by Crippen LogP contribution is 2.11. The zero-order chi connectivity index (χ0) is 12.1. The molecule has 1 heterocycles. The maximum Gasteiger partial charge on any atom is 0.233 e. The standard InChI is InChI=1S/C12H12FN3O/c1-17-12-8-14-7-11(16-12)15-6-9-4-2-3-5-10(9)13/h2-5,7-8H,6H2,1H3,(H,15,16). The summed E-state index contributed by atoms with van der Waals surface area (Å²) in [7, 11) is 1.52. The zero-order valence-electron chi connectivity index (χ0n) is 9.35. The SMILES string of the molecule is COc1cncc(NCc2ccccc2F)n1. The van der Waals surface area contributed by atoms with Crippen LogP contribution in [0.1, 0.15) is 5.56 Å². The van der Waals surface area contributed by atoms with Crippen LogP contribution in [0.3, 0.4) is 0 Å². The Morgan fingerprint density at radius 2 is 2.12 bits per heavy atom. The quantitative estimate of drug-likeness (QED) is 0.879. The van der Waals surface area contributed by atoms with Gasteiger partial charge in [0.2, 0.25) is 5.88 Å². The van der Waals surface area contributed by atoms with Crippen LogP contribution in [0, 0.1) is 5.82 Å². The van der Waals surface area contributed by atoms with Crippen LogP contribution < -0.4 is 10.1 Å². The number of hydrogen-bond acceptors (Lipinski definition) is 4. The Balaban J connectivity index is 2.05. The van der Waals surface area contributed by atoms with Crippen LogP contribution in [0.2, 0.25) is 0 Å². The fourth-order valence-corrected chi connectivity index (χ4v) is 1.36. The van der Waals surface area contributed by atoms with Gasteiger partial charge >= 0.3 is 0 Å². The molecule has 0 amide bonds. The molecular formula is C12H12FN3O. The summed E-state index contributed by atoms with van der Waals surface area (Å²) in [5.74, 6) is 0.729. The number of rotatable bonds is 4. The third-order valence-electron chi connectivity index (χ3n) is 2.24. The summed E-state index contributed by atoms with van der Waals surface area (Å²) >= 11 is 0. The molecule has 0 saturated heterocycles. The van der Waals surface area contributed by atoms with Crippen LogP contribution in [0.25, 0.3) is 0 Å². The number of benzene rings is 1. The molecule has 0 aliphatic heterocycles. The van der Waals surface area contributed by atoms with Crippen molar-refractivity contribution in [1.29, 1.82) is 0 Å². The molecule has 0 bridgehead atoms. The molecule has 0 spiro atoms. The lowest BCUT2D eigenvalue weighted by Crippen LogP contribution is -2.04. The summed E-state index contributed by atoms with van der Waals surface area (Å²) in [6.45, 7) is 0.356. The van der Waals surface area contributed by atoms with Gasteiger partial charge in [0.25, 0.3) is 0 Å². The topological polar surface area (TPSA) is 47.0 Å². The smallest absolute Gasteiger partial charge is 0.233 e. The largest absolute Gasteiger partial charge is 0.480 e. The summed E-state index contributed by atoms with van der Waals surface area (Å²) in [4.78, 5) is 8.06. The molecule has 2 aromatic rings.